The first-order valence-electron chi connectivity index (χ1n) is 8.90. The molecule has 0 aliphatic carbocycles. The van der Waals surface area contributed by atoms with Crippen LogP contribution < -0.4 is 16.0 Å². The van der Waals surface area contributed by atoms with Gasteiger partial charge in [0, 0.05) is 11.8 Å². The Kier molecular flexibility index (Phi) is 6.08. The van der Waals surface area contributed by atoms with Crippen LogP contribution in [0.3, 0.4) is 0 Å². The molecule has 1 amide bonds. The fourth-order valence-corrected chi connectivity index (χ4v) is 3.37. The number of carbonyl (C=O) groups is 1. The van der Waals surface area contributed by atoms with E-state index in [1.807, 2.05) is 0 Å². The lowest BCUT2D eigenvalue weighted by Gasteiger charge is -2.14. The summed E-state index contributed by atoms with van der Waals surface area (Å²) in [5.41, 5.74) is 4.53. The minimum atomic E-state index is -4.70. The predicted molar refractivity (Wildman–Crippen MR) is 108 cm³/mol. The molecule has 0 fully saturated rings. The van der Waals surface area contributed by atoms with Crippen molar-refractivity contribution in [1.29, 1.82) is 0 Å². The Bertz CT molecular complexity index is 1320. The van der Waals surface area contributed by atoms with Crippen LogP contribution in [-0.2, 0) is 16.4 Å². The van der Waals surface area contributed by atoms with Crippen LogP contribution in [0.15, 0.2) is 64.4 Å². The van der Waals surface area contributed by atoms with Crippen LogP contribution in [0.1, 0.15) is 10.4 Å². The number of primary amides is 1. The van der Waals surface area contributed by atoms with Crippen molar-refractivity contribution in [2.24, 2.45) is 5.73 Å². The van der Waals surface area contributed by atoms with E-state index >= 15 is 0 Å². The molecule has 0 bridgehead atoms. The maximum atomic E-state index is 12.8. The molecule has 0 aliphatic rings. The summed E-state index contributed by atoms with van der Waals surface area (Å²) in [7, 11) is -3.48. The van der Waals surface area contributed by atoms with Crippen LogP contribution in [-0.4, -0.2) is 36.5 Å². The first-order chi connectivity index (χ1) is 14.8. The third-order valence-corrected chi connectivity index (χ3v) is 5.41. The Morgan fingerprint density at radius 1 is 1.09 bits per heavy atom. The summed E-state index contributed by atoms with van der Waals surface area (Å²) < 4.78 is 67.6. The van der Waals surface area contributed by atoms with Gasteiger partial charge in [0.25, 0.3) is 0 Å². The zero-order valence-electron chi connectivity index (χ0n) is 16.5. The molecule has 0 atom stereocenters. The molecule has 0 radical (unpaired) electrons. The molecule has 3 aromatic rings. The summed E-state index contributed by atoms with van der Waals surface area (Å²) in [6.45, 7) is -1.63. The van der Waals surface area contributed by atoms with Crippen molar-refractivity contribution in [2.75, 3.05) is 6.26 Å². The normalized spacial score (nSPS) is 11.9. The van der Waals surface area contributed by atoms with Gasteiger partial charge in [0.2, 0.25) is 11.7 Å². The number of hydrogen-bond acceptors (Lipinski definition) is 6. The summed E-state index contributed by atoms with van der Waals surface area (Å²) in [6, 6.07) is 10.6. The van der Waals surface area contributed by atoms with Crippen LogP contribution in [0.25, 0.3) is 11.1 Å². The summed E-state index contributed by atoms with van der Waals surface area (Å²) in [5.74, 6) is -1.09. The van der Waals surface area contributed by atoms with E-state index in [1.165, 1.54) is 48.5 Å². The molecule has 2 aromatic carbocycles. The fraction of sp³-hybridized carbons (Fsp3) is 0.150. The number of nitrogens with zero attached hydrogens (tertiary/aromatic N) is 2. The van der Waals surface area contributed by atoms with Crippen LogP contribution in [0.4, 0.5) is 13.2 Å². The summed E-state index contributed by atoms with van der Waals surface area (Å²) in [5, 5.41) is 3.58. The third kappa shape index (κ3) is 5.32. The van der Waals surface area contributed by atoms with Gasteiger partial charge in [-0.25, -0.2) is 13.1 Å². The summed E-state index contributed by atoms with van der Waals surface area (Å²) in [6.07, 6.45) is -2.66. The van der Waals surface area contributed by atoms with E-state index in [0.717, 1.165) is 12.5 Å². The van der Waals surface area contributed by atoms with Crippen molar-refractivity contribution >= 4 is 15.7 Å². The molecular formula is C20H16F3N3O5S. The van der Waals surface area contributed by atoms with Crippen molar-refractivity contribution in [3.8, 4) is 22.6 Å². The van der Waals surface area contributed by atoms with Gasteiger partial charge in [0.1, 0.15) is 12.3 Å². The number of hydrogen-bond donors (Lipinski definition) is 1. The Morgan fingerprint density at radius 2 is 1.69 bits per heavy atom. The van der Waals surface area contributed by atoms with Crippen molar-refractivity contribution in [2.45, 2.75) is 17.6 Å². The number of ether oxygens (including phenoxy) is 1. The number of amides is 1. The zero-order chi connectivity index (χ0) is 23.7. The highest BCUT2D eigenvalue weighted by atomic mass is 32.2. The quantitative estimate of drug-likeness (QED) is 0.595. The molecule has 8 nitrogen and oxygen atoms in total. The van der Waals surface area contributed by atoms with Gasteiger partial charge < -0.3 is 10.5 Å². The number of benzene rings is 2. The van der Waals surface area contributed by atoms with E-state index in [4.69, 9.17) is 10.5 Å². The molecule has 2 N–H and O–H groups in total. The number of carbonyl (C=O) groups excluding carboxylic acids is 1. The third-order valence-electron chi connectivity index (χ3n) is 4.28. The Balaban J connectivity index is 2.11. The predicted octanol–water partition coefficient (Wildman–Crippen LogP) is 2.77. The Morgan fingerprint density at radius 3 is 2.19 bits per heavy atom. The Labute approximate surface area is 180 Å². The molecule has 0 unspecified atom stereocenters. The van der Waals surface area contributed by atoms with Gasteiger partial charge in [-0.3, -0.25) is 9.59 Å². The van der Waals surface area contributed by atoms with E-state index < -0.39 is 39.8 Å². The zero-order valence-corrected chi connectivity index (χ0v) is 17.3. The standard InChI is InChI=1S/C20H16F3N3O5S/c1-32(29,30)15-8-4-12(5-9-15)16-10-25-26(11-20(21,22)23)19(28)17(16)31-14-6-2-13(3-7-14)18(24)27/h2-10H,11H2,1H3,(H2,24,27). The SMILES string of the molecule is CS(=O)(=O)c1ccc(-c2cnn(CC(F)(F)F)c(=O)c2Oc2ccc(C(N)=O)cc2)cc1. The smallest absolute Gasteiger partial charge is 0.408 e. The van der Waals surface area contributed by atoms with Crippen LogP contribution in [0, 0.1) is 0 Å². The van der Waals surface area contributed by atoms with Crippen LogP contribution in [0.5, 0.6) is 11.5 Å². The molecule has 3 rings (SSSR count). The molecule has 0 saturated heterocycles. The highest BCUT2D eigenvalue weighted by Gasteiger charge is 2.30. The number of rotatable bonds is 6. The molecule has 168 valence electrons. The lowest BCUT2D eigenvalue weighted by molar-refractivity contribution is -0.143. The van der Waals surface area contributed by atoms with Crippen molar-refractivity contribution in [3.63, 3.8) is 0 Å². The highest BCUT2D eigenvalue weighted by molar-refractivity contribution is 7.90. The van der Waals surface area contributed by atoms with Gasteiger partial charge >= 0.3 is 11.7 Å². The minimum Gasteiger partial charge on any atom is -0.451 e. The molecule has 0 aliphatic heterocycles. The number of halogens is 3. The molecule has 32 heavy (non-hydrogen) atoms. The second-order valence-corrected chi connectivity index (χ2v) is 8.77. The maximum Gasteiger partial charge on any atom is 0.408 e. The van der Waals surface area contributed by atoms with E-state index in [2.05, 4.69) is 5.10 Å². The lowest BCUT2D eigenvalue weighted by atomic mass is 10.1. The van der Waals surface area contributed by atoms with Crippen molar-refractivity contribution < 1.29 is 31.1 Å². The molecule has 0 saturated carbocycles. The molecule has 0 spiro atoms. The number of sulfone groups is 1. The first kappa shape index (κ1) is 23.0. The molecular weight excluding hydrogens is 451 g/mol. The monoisotopic (exact) mass is 467 g/mol. The second-order valence-electron chi connectivity index (χ2n) is 6.75. The van der Waals surface area contributed by atoms with E-state index in [1.54, 1.807) is 0 Å². The molecule has 1 aromatic heterocycles. The van der Waals surface area contributed by atoms with Crippen LogP contribution >= 0.6 is 0 Å². The minimum absolute atomic E-state index is 0.0177. The molecule has 12 heteroatoms. The second kappa shape index (κ2) is 8.46. The Hall–Kier alpha value is -3.67. The number of aromatic nitrogens is 2. The lowest BCUT2D eigenvalue weighted by Crippen LogP contribution is -2.30. The first-order valence-corrected chi connectivity index (χ1v) is 10.8. The topological polar surface area (TPSA) is 121 Å². The van der Waals surface area contributed by atoms with Gasteiger partial charge in [-0.05, 0) is 42.0 Å². The van der Waals surface area contributed by atoms with Gasteiger partial charge in [0.15, 0.2) is 9.84 Å². The largest absolute Gasteiger partial charge is 0.451 e. The van der Waals surface area contributed by atoms with Gasteiger partial charge in [-0.2, -0.15) is 18.3 Å². The van der Waals surface area contributed by atoms with E-state index in [-0.39, 0.29) is 26.5 Å². The summed E-state index contributed by atoms with van der Waals surface area (Å²) in [4.78, 5) is 24.0. The average Bonchev–Trinajstić information content (AvgIpc) is 2.70. The number of alkyl halides is 3. The summed E-state index contributed by atoms with van der Waals surface area (Å²) >= 11 is 0. The molecule has 1 heterocycles. The van der Waals surface area contributed by atoms with Crippen molar-refractivity contribution in [3.05, 3.63) is 70.6 Å². The van der Waals surface area contributed by atoms with Crippen molar-refractivity contribution in [1.82, 2.24) is 9.78 Å². The highest BCUT2D eigenvalue weighted by Crippen LogP contribution is 2.31. The van der Waals surface area contributed by atoms with Crippen LogP contribution in [0.2, 0.25) is 0 Å². The van der Waals surface area contributed by atoms with Gasteiger partial charge in [0.05, 0.1) is 16.7 Å². The van der Waals surface area contributed by atoms with Gasteiger partial charge in [-0.1, -0.05) is 12.1 Å². The van der Waals surface area contributed by atoms with Gasteiger partial charge in [-0.15, -0.1) is 0 Å². The number of nitrogens with two attached hydrogens (primary N) is 1. The maximum absolute atomic E-state index is 12.8. The van der Waals surface area contributed by atoms with E-state index in [0.29, 0.717) is 5.56 Å². The fourth-order valence-electron chi connectivity index (χ4n) is 2.74. The average molecular weight is 467 g/mol. The van der Waals surface area contributed by atoms with E-state index in [9.17, 15) is 31.2 Å².